The van der Waals surface area contributed by atoms with Crippen LogP contribution in [0.2, 0.25) is 0 Å². The molecule has 7 heteroatoms. The maximum Gasteiger partial charge on any atom is 0.231 e. The summed E-state index contributed by atoms with van der Waals surface area (Å²) in [4.78, 5) is 7.59. The van der Waals surface area contributed by atoms with Crippen LogP contribution in [0.1, 0.15) is 30.8 Å². The SMILES string of the molecule is Cc1ccc(CN2CCN(C3CCN(c4ccc5c(c4)OCO5)CC3)C[C@@H]2CCO)o1. The van der Waals surface area contributed by atoms with Crippen LogP contribution in [0, 0.1) is 6.92 Å². The quantitative estimate of drug-likeness (QED) is 0.761. The van der Waals surface area contributed by atoms with Crippen LogP contribution in [0.5, 0.6) is 11.5 Å². The summed E-state index contributed by atoms with van der Waals surface area (Å²) in [5.41, 5.74) is 1.22. The number of ether oxygens (including phenoxy) is 2. The molecule has 3 aliphatic heterocycles. The Labute approximate surface area is 184 Å². The van der Waals surface area contributed by atoms with Crippen LogP contribution in [-0.4, -0.2) is 73.1 Å². The summed E-state index contributed by atoms with van der Waals surface area (Å²) in [5, 5.41) is 9.64. The summed E-state index contributed by atoms with van der Waals surface area (Å²) >= 11 is 0. The minimum absolute atomic E-state index is 0.231. The molecule has 1 aromatic heterocycles. The van der Waals surface area contributed by atoms with Crippen LogP contribution in [0.15, 0.2) is 34.7 Å². The average Bonchev–Trinajstić information content (AvgIpc) is 3.43. The second-order valence-corrected chi connectivity index (χ2v) is 8.90. The van der Waals surface area contributed by atoms with Gasteiger partial charge in [0.2, 0.25) is 6.79 Å². The zero-order valence-corrected chi connectivity index (χ0v) is 18.3. The van der Waals surface area contributed by atoms with E-state index in [1.54, 1.807) is 0 Å². The normalized spacial score (nSPS) is 22.9. The maximum absolute atomic E-state index is 9.64. The molecule has 0 aliphatic carbocycles. The number of rotatable bonds is 6. The van der Waals surface area contributed by atoms with Crippen molar-refractivity contribution < 1.29 is 19.0 Å². The third kappa shape index (κ3) is 4.54. The van der Waals surface area contributed by atoms with Crippen LogP contribution in [0.4, 0.5) is 5.69 Å². The first kappa shape index (κ1) is 20.7. The molecule has 168 valence electrons. The third-order valence-corrected chi connectivity index (χ3v) is 6.96. The molecular weight excluding hydrogens is 394 g/mol. The van der Waals surface area contributed by atoms with Gasteiger partial charge in [-0.2, -0.15) is 0 Å². The molecule has 0 spiro atoms. The van der Waals surface area contributed by atoms with Crippen LogP contribution >= 0.6 is 0 Å². The van der Waals surface area contributed by atoms with Gasteiger partial charge in [-0.3, -0.25) is 9.80 Å². The van der Waals surface area contributed by atoms with Crippen LogP contribution < -0.4 is 14.4 Å². The molecule has 1 atom stereocenters. The predicted octanol–water partition coefficient (Wildman–Crippen LogP) is 2.85. The van der Waals surface area contributed by atoms with Gasteiger partial charge in [0.1, 0.15) is 11.5 Å². The highest BCUT2D eigenvalue weighted by Gasteiger charge is 2.33. The highest BCUT2D eigenvalue weighted by atomic mass is 16.7. The van der Waals surface area contributed by atoms with E-state index in [-0.39, 0.29) is 6.61 Å². The van der Waals surface area contributed by atoms with E-state index in [0.717, 1.165) is 81.6 Å². The van der Waals surface area contributed by atoms with Crippen molar-refractivity contribution in [3.63, 3.8) is 0 Å². The zero-order chi connectivity index (χ0) is 21.2. The summed E-state index contributed by atoms with van der Waals surface area (Å²) in [6.07, 6.45) is 3.14. The third-order valence-electron chi connectivity index (χ3n) is 6.96. The topological polar surface area (TPSA) is 61.6 Å². The molecule has 4 heterocycles. The van der Waals surface area contributed by atoms with E-state index in [4.69, 9.17) is 13.9 Å². The lowest BCUT2D eigenvalue weighted by molar-refractivity contribution is 0.0220. The number of fused-ring (bicyclic) bond motifs is 1. The van der Waals surface area contributed by atoms with Gasteiger partial charge >= 0.3 is 0 Å². The van der Waals surface area contributed by atoms with E-state index in [9.17, 15) is 5.11 Å². The predicted molar refractivity (Wildman–Crippen MR) is 119 cm³/mol. The fourth-order valence-corrected chi connectivity index (χ4v) is 5.22. The molecule has 2 fully saturated rings. The fraction of sp³-hybridized carbons (Fsp3) is 0.583. The van der Waals surface area contributed by atoms with Gasteiger partial charge in [0.05, 0.1) is 6.54 Å². The summed E-state index contributed by atoms with van der Waals surface area (Å²) in [5.74, 6) is 3.68. The number of aliphatic hydroxyl groups excluding tert-OH is 1. The Bertz CT molecular complexity index is 877. The first-order valence-electron chi connectivity index (χ1n) is 11.5. The number of aryl methyl sites for hydroxylation is 1. The molecule has 1 N–H and O–H groups in total. The van der Waals surface area contributed by atoms with E-state index >= 15 is 0 Å². The molecule has 0 saturated carbocycles. The van der Waals surface area contributed by atoms with Gasteiger partial charge in [-0.1, -0.05) is 0 Å². The zero-order valence-electron chi connectivity index (χ0n) is 18.3. The molecule has 3 aliphatic rings. The minimum Gasteiger partial charge on any atom is -0.465 e. The van der Waals surface area contributed by atoms with Crippen molar-refractivity contribution in [1.29, 1.82) is 0 Å². The van der Waals surface area contributed by atoms with Gasteiger partial charge < -0.3 is 23.9 Å². The molecule has 0 unspecified atom stereocenters. The molecule has 2 aromatic rings. The van der Waals surface area contributed by atoms with Gasteiger partial charge in [-0.15, -0.1) is 0 Å². The van der Waals surface area contributed by atoms with E-state index < -0.39 is 0 Å². The second kappa shape index (κ2) is 9.10. The molecule has 0 bridgehead atoms. The molecule has 0 radical (unpaired) electrons. The van der Waals surface area contributed by atoms with Crippen molar-refractivity contribution in [3.05, 3.63) is 41.9 Å². The number of piperidine rings is 1. The van der Waals surface area contributed by atoms with Crippen molar-refractivity contribution in [3.8, 4) is 11.5 Å². The molecule has 31 heavy (non-hydrogen) atoms. The minimum atomic E-state index is 0.231. The van der Waals surface area contributed by atoms with Gasteiger partial charge in [0.25, 0.3) is 0 Å². The first-order valence-corrected chi connectivity index (χ1v) is 11.5. The van der Waals surface area contributed by atoms with E-state index in [1.165, 1.54) is 5.69 Å². The number of piperazine rings is 1. The Morgan fingerprint density at radius 1 is 1.00 bits per heavy atom. The smallest absolute Gasteiger partial charge is 0.231 e. The number of hydrogen-bond donors (Lipinski definition) is 1. The molecule has 7 nitrogen and oxygen atoms in total. The first-order chi connectivity index (χ1) is 15.2. The standard InChI is InChI=1S/C24H33N3O4/c1-18-2-4-22(31-18)16-27-12-11-26(15-21(27)8-13-28)19-6-9-25(10-7-19)20-3-5-23-24(14-20)30-17-29-23/h2-5,14,19,21,28H,6-13,15-17H2,1H3/t21-/m0/s1. The molecule has 1 aromatic carbocycles. The number of aliphatic hydroxyl groups is 1. The average molecular weight is 428 g/mol. The highest BCUT2D eigenvalue weighted by molar-refractivity contribution is 5.57. The van der Waals surface area contributed by atoms with Crippen LogP contribution in [0.3, 0.4) is 0 Å². The van der Waals surface area contributed by atoms with E-state index in [0.29, 0.717) is 18.9 Å². The lowest BCUT2D eigenvalue weighted by Gasteiger charge is -2.46. The number of hydrogen-bond acceptors (Lipinski definition) is 7. The van der Waals surface area contributed by atoms with Gasteiger partial charge in [0, 0.05) is 63.2 Å². The number of anilines is 1. The lowest BCUT2D eigenvalue weighted by Crippen LogP contribution is -2.57. The Morgan fingerprint density at radius 2 is 1.84 bits per heavy atom. The summed E-state index contributed by atoms with van der Waals surface area (Å²) in [6.45, 7) is 8.60. The lowest BCUT2D eigenvalue weighted by atomic mass is 9.99. The Hall–Kier alpha value is -2.22. The Morgan fingerprint density at radius 3 is 2.61 bits per heavy atom. The van der Waals surface area contributed by atoms with Crippen molar-refractivity contribution in [2.75, 3.05) is 51.0 Å². The van der Waals surface area contributed by atoms with Crippen molar-refractivity contribution in [1.82, 2.24) is 9.80 Å². The van der Waals surface area contributed by atoms with Gasteiger partial charge in [0.15, 0.2) is 11.5 Å². The molecule has 0 amide bonds. The van der Waals surface area contributed by atoms with Crippen molar-refractivity contribution in [2.24, 2.45) is 0 Å². The molecular formula is C24H33N3O4. The van der Waals surface area contributed by atoms with E-state index in [2.05, 4.69) is 32.9 Å². The largest absolute Gasteiger partial charge is 0.465 e. The summed E-state index contributed by atoms with van der Waals surface area (Å²) in [6, 6.07) is 11.3. The number of furan rings is 1. The maximum atomic E-state index is 9.64. The van der Waals surface area contributed by atoms with Crippen molar-refractivity contribution >= 4 is 5.69 Å². The summed E-state index contributed by atoms with van der Waals surface area (Å²) in [7, 11) is 0. The summed E-state index contributed by atoms with van der Waals surface area (Å²) < 4.78 is 16.8. The Kier molecular flexibility index (Phi) is 6.07. The Balaban J connectivity index is 1.17. The van der Waals surface area contributed by atoms with Gasteiger partial charge in [-0.05, 0) is 50.5 Å². The van der Waals surface area contributed by atoms with E-state index in [1.807, 2.05) is 19.1 Å². The van der Waals surface area contributed by atoms with Crippen LogP contribution in [-0.2, 0) is 6.54 Å². The van der Waals surface area contributed by atoms with Crippen LogP contribution in [0.25, 0.3) is 0 Å². The fourth-order valence-electron chi connectivity index (χ4n) is 5.22. The second-order valence-electron chi connectivity index (χ2n) is 8.90. The number of benzene rings is 1. The molecule has 5 rings (SSSR count). The molecule has 2 saturated heterocycles. The van der Waals surface area contributed by atoms with Crippen molar-refractivity contribution in [2.45, 2.75) is 44.8 Å². The monoisotopic (exact) mass is 427 g/mol. The van der Waals surface area contributed by atoms with Gasteiger partial charge in [-0.25, -0.2) is 0 Å². The number of nitrogens with zero attached hydrogens (tertiary/aromatic N) is 3. The highest BCUT2D eigenvalue weighted by Crippen LogP contribution is 2.36.